The zero-order valence-electron chi connectivity index (χ0n) is 7.23. The molecule has 66 valence electrons. The number of aryl methyl sites for hydroxylation is 1. The van der Waals surface area contributed by atoms with Crippen LogP contribution in [0.2, 0.25) is 5.02 Å². The molecule has 0 spiro atoms. The molecule has 0 aliphatic heterocycles. The molecule has 0 amide bonds. The molecule has 0 heterocycles. The lowest BCUT2D eigenvalue weighted by Crippen LogP contribution is -1.94. The van der Waals surface area contributed by atoms with E-state index in [0.29, 0.717) is 16.5 Å². The van der Waals surface area contributed by atoms with E-state index in [9.17, 15) is 0 Å². The smallest absolute Gasteiger partial charge is 0.143 e. The number of benzene rings is 1. The first kappa shape index (κ1) is 9.20. The van der Waals surface area contributed by atoms with Gasteiger partial charge in [-0.2, -0.15) is 0 Å². The van der Waals surface area contributed by atoms with Crippen LogP contribution in [0, 0.1) is 0 Å². The van der Waals surface area contributed by atoms with E-state index in [0.717, 1.165) is 12.0 Å². The summed E-state index contributed by atoms with van der Waals surface area (Å²) in [6, 6.07) is 3.59. The van der Waals surface area contributed by atoms with Crippen molar-refractivity contribution in [1.82, 2.24) is 0 Å². The van der Waals surface area contributed by atoms with Crippen LogP contribution < -0.4 is 10.5 Å². The molecule has 0 aliphatic carbocycles. The van der Waals surface area contributed by atoms with E-state index in [1.807, 2.05) is 13.0 Å². The minimum atomic E-state index is 0.636. The van der Waals surface area contributed by atoms with Gasteiger partial charge in [0.2, 0.25) is 0 Å². The Morgan fingerprint density at radius 1 is 1.50 bits per heavy atom. The van der Waals surface area contributed by atoms with Crippen LogP contribution in [0.3, 0.4) is 0 Å². The average molecular weight is 186 g/mol. The van der Waals surface area contributed by atoms with Crippen molar-refractivity contribution in [3.63, 3.8) is 0 Å². The van der Waals surface area contributed by atoms with Crippen molar-refractivity contribution in [3.8, 4) is 5.75 Å². The number of anilines is 1. The number of hydrogen-bond acceptors (Lipinski definition) is 2. The maximum absolute atomic E-state index is 5.94. The second-order valence-electron chi connectivity index (χ2n) is 2.54. The van der Waals surface area contributed by atoms with Gasteiger partial charge in [-0.1, -0.05) is 18.5 Å². The highest BCUT2D eigenvalue weighted by Gasteiger charge is 2.04. The fraction of sp³-hybridized carbons (Fsp3) is 0.333. The van der Waals surface area contributed by atoms with Crippen LogP contribution in [0.15, 0.2) is 12.1 Å². The molecular formula is C9H12ClNO. The third-order valence-electron chi connectivity index (χ3n) is 1.78. The van der Waals surface area contributed by atoms with E-state index in [1.165, 1.54) is 0 Å². The lowest BCUT2D eigenvalue weighted by molar-refractivity contribution is 0.417. The number of halogens is 1. The van der Waals surface area contributed by atoms with Gasteiger partial charge in [-0.05, 0) is 18.1 Å². The van der Waals surface area contributed by atoms with Crippen LogP contribution >= 0.6 is 11.6 Å². The van der Waals surface area contributed by atoms with Crippen LogP contribution in [0.4, 0.5) is 5.69 Å². The zero-order chi connectivity index (χ0) is 9.14. The molecule has 0 aliphatic rings. The quantitative estimate of drug-likeness (QED) is 0.719. The second-order valence-corrected chi connectivity index (χ2v) is 2.95. The fourth-order valence-electron chi connectivity index (χ4n) is 1.07. The SMILES string of the molecule is CCc1cc(N)c(OC)cc1Cl. The monoisotopic (exact) mass is 185 g/mol. The molecule has 1 aromatic carbocycles. The average Bonchev–Trinajstić information content (AvgIpc) is 2.08. The van der Waals surface area contributed by atoms with Gasteiger partial charge in [0, 0.05) is 11.1 Å². The first-order valence-electron chi connectivity index (χ1n) is 3.81. The molecule has 0 fully saturated rings. The van der Waals surface area contributed by atoms with Crippen LogP contribution in [0.1, 0.15) is 12.5 Å². The van der Waals surface area contributed by atoms with Crippen LogP contribution in [0.25, 0.3) is 0 Å². The molecule has 0 atom stereocenters. The van der Waals surface area contributed by atoms with Gasteiger partial charge >= 0.3 is 0 Å². The van der Waals surface area contributed by atoms with E-state index in [2.05, 4.69) is 0 Å². The highest BCUT2D eigenvalue weighted by molar-refractivity contribution is 6.31. The number of nitrogen functional groups attached to an aromatic ring is 1. The highest BCUT2D eigenvalue weighted by atomic mass is 35.5. The number of hydrogen-bond donors (Lipinski definition) is 1. The summed E-state index contributed by atoms with van der Waals surface area (Å²) in [4.78, 5) is 0. The molecule has 3 heteroatoms. The Bertz CT molecular complexity index is 256. The lowest BCUT2D eigenvalue weighted by atomic mass is 10.1. The zero-order valence-corrected chi connectivity index (χ0v) is 7.98. The molecular weight excluding hydrogens is 174 g/mol. The Balaban J connectivity index is 3.16. The summed E-state index contributed by atoms with van der Waals surface area (Å²) < 4.78 is 5.02. The van der Waals surface area contributed by atoms with Gasteiger partial charge in [0.05, 0.1) is 12.8 Å². The third-order valence-corrected chi connectivity index (χ3v) is 2.13. The normalized spacial score (nSPS) is 9.92. The van der Waals surface area contributed by atoms with Crippen molar-refractivity contribution in [2.24, 2.45) is 0 Å². The predicted molar refractivity (Wildman–Crippen MR) is 51.8 cm³/mol. The van der Waals surface area contributed by atoms with Crippen molar-refractivity contribution in [1.29, 1.82) is 0 Å². The summed E-state index contributed by atoms with van der Waals surface area (Å²) in [7, 11) is 1.58. The number of nitrogens with two attached hydrogens (primary N) is 1. The molecule has 0 unspecified atom stereocenters. The summed E-state index contributed by atoms with van der Waals surface area (Å²) in [6.07, 6.45) is 0.882. The van der Waals surface area contributed by atoms with Crippen LogP contribution in [-0.2, 0) is 6.42 Å². The van der Waals surface area contributed by atoms with Crippen molar-refractivity contribution >= 4 is 17.3 Å². The standard InChI is InChI=1S/C9H12ClNO/c1-3-6-4-8(11)9(12-2)5-7(6)10/h4-5H,3,11H2,1-2H3. The molecule has 0 aromatic heterocycles. The van der Waals surface area contributed by atoms with E-state index in [4.69, 9.17) is 22.1 Å². The minimum absolute atomic E-state index is 0.636. The van der Waals surface area contributed by atoms with Crippen LogP contribution in [-0.4, -0.2) is 7.11 Å². The largest absolute Gasteiger partial charge is 0.495 e. The molecule has 0 bridgehead atoms. The summed E-state index contributed by atoms with van der Waals surface area (Å²) in [5.41, 5.74) is 7.38. The van der Waals surface area contributed by atoms with Crippen molar-refractivity contribution in [2.45, 2.75) is 13.3 Å². The Morgan fingerprint density at radius 3 is 2.67 bits per heavy atom. The molecule has 1 rings (SSSR count). The highest BCUT2D eigenvalue weighted by Crippen LogP contribution is 2.29. The third kappa shape index (κ3) is 1.64. The van der Waals surface area contributed by atoms with Gasteiger partial charge in [0.15, 0.2) is 0 Å². The number of ether oxygens (including phenoxy) is 1. The minimum Gasteiger partial charge on any atom is -0.495 e. The van der Waals surface area contributed by atoms with Gasteiger partial charge in [-0.25, -0.2) is 0 Å². The van der Waals surface area contributed by atoms with Crippen molar-refractivity contribution in [3.05, 3.63) is 22.7 Å². The predicted octanol–water partition coefficient (Wildman–Crippen LogP) is 2.49. The Hall–Kier alpha value is -0.890. The van der Waals surface area contributed by atoms with E-state index in [-0.39, 0.29) is 0 Å². The molecule has 12 heavy (non-hydrogen) atoms. The van der Waals surface area contributed by atoms with Gasteiger partial charge in [0.25, 0.3) is 0 Å². The summed E-state index contributed by atoms with van der Waals surface area (Å²) in [6.45, 7) is 2.03. The van der Waals surface area contributed by atoms with E-state index >= 15 is 0 Å². The first-order chi connectivity index (χ1) is 5.69. The van der Waals surface area contributed by atoms with Crippen molar-refractivity contribution in [2.75, 3.05) is 12.8 Å². The van der Waals surface area contributed by atoms with Gasteiger partial charge in [-0.15, -0.1) is 0 Å². The van der Waals surface area contributed by atoms with Gasteiger partial charge in [0.1, 0.15) is 5.75 Å². The summed E-state index contributed by atoms with van der Waals surface area (Å²) in [5.74, 6) is 0.636. The fourth-order valence-corrected chi connectivity index (χ4v) is 1.35. The van der Waals surface area contributed by atoms with Crippen molar-refractivity contribution < 1.29 is 4.74 Å². The number of methoxy groups -OCH3 is 1. The van der Waals surface area contributed by atoms with Crippen LogP contribution in [0.5, 0.6) is 5.75 Å². The summed E-state index contributed by atoms with van der Waals surface area (Å²) in [5, 5.41) is 0.712. The molecule has 0 saturated carbocycles. The van der Waals surface area contributed by atoms with Gasteiger partial charge < -0.3 is 10.5 Å². The molecule has 1 aromatic rings. The molecule has 2 N–H and O–H groups in total. The Morgan fingerprint density at radius 2 is 2.17 bits per heavy atom. The second kappa shape index (κ2) is 3.68. The maximum Gasteiger partial charge on any atom is 0.143 e. The van der Waals surface area contributed by atoms with E-state index in [1.54, 1.807) is 13.2 Å². The summed E-state index contributed by atoms with van der Waals surface area (Å²) >= 11 is 5.94. The number of rotatable bonds is 2. The Labute approximate surface area is 77.3 Å². The maximum atomic E-state index is 5.94. The topological polar surface area (TPSA) is 35.2 Å². The lowest BCUT2D eigenvalue weighted by Gasteiger charge is -2.07. The molecule has 2 nitrogen and oxygen atoms in total. The van der Waals surface area contributed by atoms with Gasteiger partial charge in [-0.3, -0.25) is 0 Å². The Kier molecular flexibility index (Phi) is 2.82. The van der Waals surface area contributed by atoms with E-state index < -0.39 is 0 Å². The molecule has 0 radical (unpaired) electrons. The molecule has 0 saturated heterocycles. The first-order valence-corrected chi connectivity index (χ1v) is 4.18.